The molecule has 0 saturated carbocycles. The quantitative estimate of drug-likeness (QED) is 0.473. The van der Waals surface area contributed by atoms with Gasteiger partial charge in [-0.15, -0.1) is 0 Å². The SMILES string of the molecule is CCOC(=O)C[C@H]1[C@@H]2OC(C)(C)O[C@@H]2[C@H]2C[C@H](COS(C)(=O)=O)ON21. The minimum absolute atomic E-state index is 0.0698. The number of ether oxygens (including phenoxy) is 3. The molecule has 0 bridgehead atoms. The van der Waals surface area contributed by atoms with Crippen molar-refractivity contribution in [1.82, 2.24) is 5.06 Å². The highest BCUT2D eigenvalue weighted by atomic mass is 32.2. The van der Waals surface area contributed by atoms with Gasteiger partial charge in [0.1, 0.15) is 18.3 Å². The normalized spacial score (nSPS) is 37.0. The molecule has 3 heterocycles. The van der Waals surface area contributed by atoms with E-state index in [1.54, 1.807) is 12.0 Å². The average Bonchev–Trinajstić information content (AvgIpc) is 3.08. The third-order valence-electron chi connectivity index (χ3n) is 4.50. The number of nitrogens with zero attached hydrogens (tertiary/aromatic N) is 1. The zero-order valence-electron chi connectivity index (χ0n) is 14.8. The molecule has 10 heteroatoms. The average molecular weight is 379 g/mol. The maximum atomic E-state index is 12.0. The van der Waals surface area contributed by atoms with E-state index in [0.29, 0.717) is 13.0 Å². The summed E-state index contributed by atoms with van der Waals surface area (Å²) in [5.74, 6) is -1.07. The number of fused-ring (bicyclic) bond motifs is 3. The molecular weight excluding hydrogens is 354 g/mol. The van der Waals surface area contributed by atoms with Gasteiger partial charge in [-0.05, 0) is 27.2 Å². The topological polar surface area (TPSA) is 101 Å². The molecule has 0 aromatic heterocycles. The summed E-state index contributed by atoms with van der Waals surface area (Å²) in [5.41, 5.74) is 0. The van der Waals surface area contributed by atoms with Gasteiger partial charge in [0.25, 0.3) is 10.1 Å². The van der Waals surface area contributed by atoms with Crippen molar-refractivity contribution >= 4 is 16.1 Å². The lowest BCUT2D eigenvalue weighted by Gasteiger charge is -2.28. The Morgan fingerprint density at radius 3 is 2.60 bits per heavy atom. The van der Waals surface area contributed by atoms with Gasteiger partial charge in [-0.25, -0.2) is 0 Å². The van der Waals surface area contributed by atoms with Crippen molar-refractivity contribution in [3.8, 4) is 0 Å². The maximum Gasteiger partial charge on any atom is 0.307 e. The van der Waals surface area contributed by atoms with Crippen LogP contribution < -0.4 is 0 Å². The highest BCUT2D eigenvalue weighted by molar-refractivity contribution is 7.85. The lowest BCUT2D eigenvalue weighted by atomic mass is 10.0. The molecule has 0 unspecified atom stereocenters. The molecular formula is C15H25NO8S. The van der Waals surface area contributed by atoms with Gasteiger partial charge < -0.3 is 14.2 Å². The van der Waals surface area contributed by atoms with Crippen molar-refractivity contribution < 1.29 is 36.4 Å². The number of carbonyl (C=O) groups excluding carboxylic acids is 1. The zero-order chi connectivity index (χ0) is 18.4. The van der Waals surface area contributed by atoms with Crippen molar-refractivity contribution in [1.29, 1.82) is 0 Å². The fourth-order valence-corrected chi connectivity index (χ4v) is 4.12. The van der Waals surface area contributed by atoms with Crippen molar-refractivity contribution in [2.24, 2.45) is 0 Å². The van der Waals surface area contributed by atoms with Gasteiger partial charge in [0.2, 0.25) is 0 Å². The van der Waals surface area contributed by atoms with Crippen molar-refractivity contribution in [3.05, 3.63) is 0 Å². The molecule has 144 valence electrons. The molecule has 0 radical (unpaired) electrons. The summed E-state index contributed by atoms with van der Waals surface area (Å²) >= 11 is 0. The van der Waals surface area contributed by atoms with Gasteiger partial charge in [-0.1, -0.05) is 0 Å². The van der Waals surface area contributed by atoms with Crippen LogP contribution in [-0.4, -0.2) is 75.1 Å². The summed E-state index contributed by atoms with van der Waals surface area (Å²) in [6.45, 7) is 5.65. The van der Waals surface area contributed by atoms with Gasteiger partial charge in [-0.3, -0.25) is 13.8 Å². The first-order chi connectivity index (χ1) is 11.6. The van der Waals surface area contributed by atoms with Crippen LogP contribution in [0.2, 0.25) is 0 Å². The van der Waals surface area contributed by atoms with E-state index in [-0.39, 0.29) is 43.3 Å². The first-order valence-electron chi connectivity index (χ1n) is 8.40. The molecule has 3 fully saturated rings. The largest absolute Gasteiger partial charge is 0.466 e. The highest BCUT2D eigenvalue weighted by Crippen LogP contribution is 2.46. The molecule has 0 aliphatic carbocycles. The maximum absolute atomic E-state index is 12.0. The molecule has 9 nitrogen and oxygen atoms in total. The Morgan fingerprint density at radius 2 is 1.96 bits per heavy atom. The van der Waals surface area contributed by atoms with Gasteiger partial charge in [0, 0.05) is 0 Å². The second-order valence-electron chi connectivity index (χ2n) is 7.02. The molecule has 3 aliphatic rings. The Kier molecular flexibility index (Phi) is 5.13. The van der Waals surface area contributed by atoms with Crippen LogP contribution in [0.3, 0.4) is 0 Å². The van der Waals surface area contributed by atoms with E-state index in [1.807, 2.05) is 13.8 Å². The fourth-order valence-electron chi connectivity index (χ4n) is 3.72. The lowest BCUT2D eigenvalue weighted by molar-refractivity contribution is -0.227. The standard InChI is InChI=1S/C15H25NO8S/c1-5-20-12(17)7-11-14-13(22-15(2,3)23-14)10-6-9(24-16(10)11)8-21-25(4,18)19/h9-11,13-14H,5-8H2,1-4H3/t9-,10-,11+,13-,14+/m1/s1. The van der Waals surface area contributed by atoms with Crippen LogP contribution in [0, 0.1) is 0 Å². The molecule has 0 N–H and O–H groups in total. The molecule has 25 heavy (non-hydrogen) atoms. The molecule has 0 amide bonds. The lowest BCUT2D eigenvalue weighted by Crippen LogP contribution is -2.41. The third kappa shape index (κ3) is 4.15. The van der Waals surface area contributed by atoms with Crippen molar-refractivity contribution in [2.45, 2.75) is 69.8 Å². The highest BCUT2D eigenvalue weighted by Gasteiger charge is 2.61. The molecule has 3 saturated heterocycles. The minimum Gasteiger partial charge on any atom is -0.466 e. The van der Waals surface area contributed by atoms with Crippen molar-refractivity contribution in [3.63, 3.8) is 0 Å². The van der Waals surface area contributed by atoms with Crippen molar-refractivity contribution in [2.75, 3.05) is 19.5 Å². The molecule has 5 atom stereocenters. The summed E-state index contributed by atoms with van der Waals surface area (Å²) in [5, 5.41) is 1.71. The predicted octanol–water partition coefficient (Wildman–Crippen LogP) is 0.193. The Morgan fingerprint density at radius 1 is 1.28 bits per heavy atom. The summed E-state index contributed by atoms with van der Waals surface area (Å²) in [6, 6.07) is -0.474. The fraction of sp³-hybridized carbons (Fsp3) is 0.933. The van der Waals surface area contributed by atoms with E-state index in [0.717, 1.165) is 6.26 Å². The van der Waals surface area contributed by atoms with Gasteiger partial charge in [0.15, 0.2) is 5.79 Å². The summed E-state index contributed by atoms with van der Waals surface area (Å²) in [6.07, 6.45) is 0.676. The molecule has 3 rings (SSSR count). The number of esters is 1. The smallest absolute Gasteiger partial charge is 0.307 e. The molecule has 3 aliphatic heterocycles. The van der Waals surface area contributed by atoms with E-state index in [4.69, 9.17) is 23.2 Å². The van der Waals surface area contributed by atoms with Crippen LogP contribution in [0.15, 0.2) is 0 Å². The Balaban J connectivity index is 1.72. The van der Waals surface area contributed by atoms with E-state index in [2.05, 4.69) is 0 Å². The summed E-state index contributed by atoms with van der Waals surface area (Å²) < 4.78 is 44.2. The van der Waals surface area contributed by atoms with E-state index in [9.17, 15) is 13.2 Å². The monoisotopic (exact) mass is 379 g/mol. The Hall–Kier alpha value is -0.780. The number of hydroxylamine groups is 2. The van der Waals surface area contributed by atoms with E-state index in [1.165, 1.54) is 0 Å². The molecule has 0 aromatic carbocycles. The minimum atomic E-state index is -3.54. The molecule has 0 aromatic rings. The van der Waals surface area contributed by atoms with E-state index < -0.39 is 22.0 Å². The van der Waals surface area contributed by atoms with Crippen LogP contribution in [0.1, 0.15) is 33.6 Å². The first kappa shape index (κ1) is 19.0. The summed E-state index contributed by atoms with van der Waals surface area (Å²) in [7, 11) is -3.54. The zero-order valence-corrected chi connectivity index (χ0v) is 15.7. The number of hydrogen-bond acceptors (Lipinski definition) is 9. The van der Waals surface area contributed by atoms with Crippen LogP contribution >= 0.6 is 0 Å². The van der Waals surface area contributed by atoms with Gasteiger partial charge in [-0.2, -0.15) is 13.5 Å². The predicted molar refractivity (Wildman–Crippen MR) is 84.8 cm³/mol. The first-order valence-corrected chi connectivity index (χ1v) is 10.2. The number of carbonyl (C=O) groups is 1. The van der Waals surface area contributed by atoms with Crippen LogP contribution in [0.4, 0.5) is 0 Å². The van der Waals surface area contributed by atoms with Gasteiger partial charge >= 0.3 is 5.97 Å². The Labute approximate surface area is 147 Å². The summed E-state index contributed by atoms with van der Waals surface area (Å²) in [4.78, 5) is 17.8. The number of hydrogen-bond donors (Lipinski definition) is 0. The second-order valence-corrected chi connectivity index (χ2v) is 8.66. The third-order valence-corrected chi connectivity index (χ3v) is 5.06. The van der Waals surface area contributed by atoms with Crippen LogP contribution in [-0.2, 0) is 38.1 Å². The number of rotatable bonds is 6. The molecule has 0 spiro atoms. The second kappa shape index (κ2) is 6.75. The van der Waals surface area contributed by atoms with Crippen LogP contribution in [0.5, 0.6) is 0 Å². The van der Waals surface area contributed by atoms with Gasteiger partial charge in [0.05, 0.1) is 38.0 Å². The van der Waals surface area contributed by atoms with E-state index >= 15 is 0 Å². The van der Waals surface area contributed by atoms with Crippen LogP contribution in [0.25, 0.3) is 0 Å². The Bertz CT molecular complexity index is 621.